The van der Waals surface area contributed by atoms with E-state index in [-0.39, 0.29) is 31.1 Å². The summed E-state index contributed by atoms with van der Waals surface area (Å²) in [5.41, 5.74) is 0. The van der Waals surface area contributed by atoms with Gasteiger partial charge in [-0.2, -0.15) is 0 Å². The van der Waals surface area contributed by atoms with Crippen LogP contribution < -0.4 is 0 Å². The van der Waals surface area contributed by atoms with E-state index in [9.17, 15) is 14.4 Å². The van der Waals surface area contributed by atoms with Gasteiger partial charge in [-0.3, -0.25) is 14.4 Å². The van der Waals surface area contributed by atoms with Gasteiger partial charge in [-0.15, -0.1) is 0 Å². The van der Waals surface area contributed by atoms with Gasteiger partial charge in [0.05, 0.1) is 0 Å². The summed E-state index contributed by atoms with van der Waals surface area (Å²) >= 11 is 0. The third-order valence-corrected chi connectivity index (χ3v) is 11.0. The van der Waals surface area contributed by atoms with Crippen LogP contribution in [0, 0.1) is 0 Å². The van der Waals surface area contributed by atoms with Crippen molar-refractivity contribution in [1.82, 2.24) is 0 Å². The monoisotopic (exact) mass is 803 g/mol. The minimum atomic E-state index is -0.764. The second kappa shape index (κ2) is 46.6. The Bertz CT molecular complexity index is 927. The molecule has 334 valence electrons. The van der Waals surface area contributed by atoms with Crippen molar-refractivity contribution >= 4 is 17.9 Å². The molecule has 0 saturated carbocycles. The predicted octanol–water partition coefficient (Wildman–Crippen LogP) is 16.0. The van der Waals surface area contributed by atoms with Gasteiger partial charge in [-0.25, -0.2) is 0 Å². The number of esters is 3. The van der Waals surface area contributed by atoms with Crippen LogP contribution in [0.1, 0.15) is 265 Å². The molecule has 6 nitrogen and oxygen atoms in total. The predicted molar refractivity (Wildman–Crippen MR) is 243 cm³/mol. The van der Waals surface area contributed by atoms with E-state index < -0.39 is 6.10 Å². The molecule has 57 heavy (non-hydrogen) atoms. The van der Waals surface area contributed by atoms with Crippen LogP contribution in [-0.2, 0) is 28.6 Å². The molecule has 0 aromatic carbocycles. The molecular weight excluding hydrogens is 709 g/mol. The highest BCUT2D eigenvalue weighted by Crippen LogP contribution is 2.15. The molecular formula is C51H94O6. The summed E-state index contributed by atoms with van der Waals surface area (Å²) in [6, 6.07) is 0. The van der Waals surface area contributed by atoms with Crippen LogP contribution in [-0.4, -0.2) is 37.2 Å². The zero-order valence-corrected chi connectivity index (χ0v) is 38.1. The minimum Gasteiger partial charge on any atom is -0.462 e. The van der Waals surface area contributed by atoms with Crippen LogP contribution in [0.4, 0.5) is 0 Å². The van der Waals surface area contributed by atoms with Crippen molar-refractivity contribution < 1.29 is 28.6 Å². The van der Waals surface area contributed by atoms with Gasteiger partial charge in [-0.05, 0) is 51.4 Å². The molecule has 0 radical (unpaired) electrons. The Morgan fingerprint density at radius 3 is 0.965 bits per heavy atom. The molecule has 0 aromatic rings. The zero-order valence-electron chi connectivity index (χ0n) is 38.1. The number of rotatable bonds is 45. The molecule has 0 aliphatic carbocycles. The fourth-order valence-electron chi connectivity index (χ4n) is 7.18. The number of ether oxygens (including phenoxy) is 3. The Kier molecular flexibility index (Phi) is 44.9. The van der Waals surface area contributed by atoms with Gasteiger partial charge in [-0.1, -0.05) is 218 Å². The van der Waals surface area contributed by atoms with Gasteiger partial charge < -0.3 is 14.2 Å². The van der Waals surface area contributed by atoms with E-state index in [1.54, 1.807) is 0 Å². The van der Waals surface area contributed by atoms with Crippen LogP contribution >= 0.6 is 0 Å². The number of allylic oxidation sites excluding steroid dienone is 4. The maximum absolute atomic E-state index is 12.7. The third kappa shape index (κ3) is 44.8. The van der Waals surface area contributed by atoms with Crippen molar-refractivity contribution in [2.75, 3.05) is 13.2 Å². The van der Waals surface area contributed by atoms with Crippen LogP contribution in [0.25, 0.3) is 0 Å². The molecule has 1 atom stereocenters. The summed E-state index contributed by atoms with van der Waals surface area (Å²) in [6.07, 6.45) is 51.7. The van der Waals surface area contributed by atoms with E-state index in [1.807, 2.05) is 0 Å². The Balaban J connectivity index is 4.18. The molecule has 0 aromatic heterocycles. The number of hydrogen-bond donors (Lipinski definition) is 0. The first-order valence-electron chi connectivity index (χ1n) is 24.8. The van der Waals surface area contributed by atoms with Gasteiger partial charge in [0.15, 0.2) is 6.10 Å². The highest BCUT2D eigenvalue weighted by Gasteiger charge is 2.19. The molecule has 0 bridgehead atoms. The lowest BCUT2D eigenvalue weighted by Gasteiger charge is -2.18. The van der Waals surface area contributed by atoms with E-state index >= 15 is 0 Å². The SMILES string of the molecule is CCCCCCC/C=C\C/C=C\CCCCCCCCCCCC(=O)OCC(COC(=O)CCCCCCCCCCC)OC(=O)CCCCCCCCCCC. The second-order valence-electron chi connectivity index (χ2n) is 16.7. The molecule has 0 heterocycles. The fourth-order valence-corrected chi connectivity index (χ4v) is 7.18. The van der Waals surface area contributed by atoms with Gasteiger partial charge in [0, 0.05) is 19.3 Å². The van der Waals surface area contributed by atoms with Crippen LogP contribution in [0.15, 0.2) is 24.3 Å². The fraction of sp³-hybridized carbons (Fsp3) is 0.863. The molecule has 0 saturated heterocycles. The maximum Gasteiger partial charge on any atom is 0.306 e. The summed E-state index contributed by atoms with van der Waals surface area (Å²) in [6.45, 7) is 6.60. The van der Waals surface area contributed by atoms with Crippen molar-refractivity contribution in [3.8, 4) is 0 Å². The van der Waals surface area contributed by atoms with Gasteiger partial charge >= 0.3 is 17.9 Å². The molecule has 6 heteroatoms. The first-order valence-corrected chi connectivity index (χ1v) is 24.8. The van der Waals surface area contributed by atoms with Crippen LogP contribution in [0.2, 0.25) is 0 Å². The number of carbonyl (C=O) groups is 3. The highest BCUT2D eigenvalue weighted by molar-refractivity contribution is 5.71. The normalized spacial score (nSPS) is 12.1. The molecule has 0 rings (SSSR count). The molecule has 0 aliphatic heterocycles. The van der Waals surface area contributed by atoms with Crippen molar-refractivity contribution in [2.24, 2.45) is 0 Å². The molecule has 0 N–H and O–H groups in total. The van der Waals surface area contributed by atoms with Crippen LogP contribution in [0.5, 0.6) is 0 Å². The summed E-state index contributed by atoms with van der Waals surface area (Å²) < 4.78 is 16.7. The minimum absolute atomic E-state index is 0.0688. The van der Waals surface area contributed by atoms with E-state index in [0.717, 1.165) is 64.2 Å². The molecule has 0 amide bonds. The molecule has 0 aliphatic rings. The summed E-state index contributed by atoms with van der Waals surface area (Å²) in [5, 5.41) is 0. The highest BCUT2D eigenvalue weighted by atomic mass is 16.6. The lowest BCUT2D eigenvalue weighted by molar-refractivity contribution is -0.167. The second-order valence-corrected chi connectivity index (χ2v) is 16.7. The lowest BCUT2D eigenvalue weighted by Crippen LogP contribution is -2.30. The standard InChI is InChI=1S/C51H94O6/c1-4-7-10-13-16-19-20-21-22-23-24-25-26-27-28-29-30-33-35-38-41-44-50(53)56-47-48(57-51(54)45-42-39-36-32-18-15-12-9-6-3)46-55-49(52)43-40-37-34-31-17-14-11-8-5-2/h20-21,23-24,48H,4-19,22,25-47H2,1-3H3/b21-20-,24-23-. The summed E-state index contributed by atoms with van der Waals surface area (Å²) in [5.74, 6) is -0.870. The molecule has 0 spiro atoms. The van der Waals surface area contributed by atoms with Crippen molar-refractivity contribution in [3.63, 3.8) is 0 Å². The quantitative estimate of drug-likeness (QED) is 0.0264. The van der Waals surface area contributed by atoms with Gasteiger partial charge in [0.1, 0.15) is 13.2 Å². The van der Waals surface area contributed by atoms with Crippen molar-refractivity contribution in [1.29, 1.82) is 0 Å². The Morgan fingerprint density at radius 2 is 0.632 bits per heavy atom. The molecule has 0 fully saturated rings. The Labute approximate surface area is 353 Å². The van der Waals surface area contributed by atoms with E-state index in [1.165, 1.54) is 161 Å². The topological polar surface area (TPSA) is 78.9 Å². The zero-order chi connectivity index (χ0) is 41.5. The van der Waals surface area contributed by atoms with E-state index in [2.05, 4.69) is 45.1 Å². The Morgan fingerprint density at radius 1 is 0.351 bits per heavy atom. The summed E-state index contributed by atoms with van der Waals surface area (Å²) in [4.78, 5) is 37.7. The number of unbranched alkanes of at least 4 members (excludes halogenated alkanes) is 30. The van der Waals surface area contributed by atoms with E-state index in [4.69, 9.17) is 14.2 Å². The van der Waals surface area contributed by atoms with Crippen LogP contribution in [0.3, 0.4) is 0 Å². The van der Waals surface area contributed by atoms with Gasteiger partial charge in [0.25, 0.3) is 0 Å². The Hall–Kier alpha value is -2.11. The largest absolute Gasteiger partial charge is 0.462 e. The van der Waals surface area contributed by atoms with E-state index in [0.29, 0.717) is 19.3 Å². The smallest absolute Gasteiger partial charge is 0.306 e. The van der Waals surface area contributed by atoms with Gasteiger partial charge in [0.2, 0.25) is 0 Å². The average Bonchev–Trinajstić information content (AvgIpc) is 3.21. The first-order chi connectivity index (χ1) is 28.0. The lowest BCUT2D eigenvalue weighted by atomic mass is 10.1. The first kappa shape index (κ1) is 54.9. The summed E-state index contributed by atoms with van der Waals surface area (Å²) in [7, 11) is 0. The molecule has 1 unspecified atom stereocenters. The number of carbonyl (C=O) groups excluding carboxylic acids is 3. The average molecular weight is 803 g/mol. The third-order valence-electron chi connectivity index (χ3n) is 11.0. The van der Waals surface area contributed by atoms with Crippen molar-refractivity contribution in [3.05, 3.63) is 24.3 Å². The maximum atomic E-state index is 12.7. The number of hydrogen-bond acceptors (Lipinski definition) is 6. The van der Waals surface area contributed by atoms with Crippen molar-refractivity contribution in [2.45, 2.75) is 271 Å².